The number of halogens is 1. The van der Waals surface area contributed by atoms with Crippen LogP contribution in [0.3, 0.4) is 0 Å². The maximum absolute atomic E-state index is 11.4. The summed E-state index contributed by atoms with van der Waals surface area (Å²) in [6, 6.07) is 13.4. The first-order valence-electron chi connectivity index (χ1n) is 7.22. The molecule has 1 heterocycles. The summed E-state index contributed by atoms with van der Waals surface area (Å²) in [7, 11) is -3.22. The molecule has 3 rings (SSSR count). The van der Waals surface area contributed by atoms with Gasteiger partial charge in [0.25, 0.3) is 0 Å². The van der Waals surface area contributed by atoms with Gasteiger partial charge in [-0.15, -0.1) is 0 Å². The Labute approximate surface area is 150 Å². The van der Waals surface area contributed by atoms with Gasteiger partial charge in [-0.05, 0) is 48.5 Å². The molecule has 0 radical (unpaired) electrons. The SMILES string of the molecule is CS(=O)(=O)c1ccc(Oc2ccc(Nc3ncncc3Cl)cc2)cc1. The molecule has 0 amide bonds. The van der Waals surface area contributed by atoms with E-state index in [0.717, 1.165) is 5.69 Å². The van der Waals surface area contributed by atoms with Crippen molar-refractivity contribution in [3.63, 3.8) is 0 Å². The van der Waals surface area contributed by atoms with Crippen molar-refractivity contribution in [2.24, 2.45) is 0 Å². The zero-order valence-corrected chi connectivity index (χ0v) is 14.8. The molecule has 0 atom stereocenters. The Morgan fingerprint density at radius 2 is 1.60 bits per heavy atom. The van der Waals surface area contributed by atoms with Crippen molar-refractivity contribution < 1.29 is 13.2 Å². The molecule has 0 saturated carbocycles. The van der Waals surface area contributed by atoms with Crippen molar-refractivity contribution >= 4 is 32.9 Å². The highest BCUT2D eigenvalue weighted by Crippen LogP contribution is 2.26. The molecule has 128 valence electrons. The number of nitrogens with zero attached hydrogens (tertiary/aromatic N) is 2. The highest BCUT2D eigenvalue weighted by atomic mass is 35.5. The van der Waals surface area contributed by atoms with Crippen LogP contribution in [0.4, 0.5) is 11.5 Å². The molecule has 6 nitrogen and oxygen atoms in total. The lowest BCUT2D eigenvalue weighted by molar-refractivity contribution is 0.482. The largest absolute Gasteiger partial charge is 0.457 e. The first-order valence-corrected chi connectivity index (χ1v) is 9.49. The standard InChI is InChI=1S/C17H14ClN3O3S/c1-25(22,23)15-8-6-14(7-9-15)24-13-4-2-12(3-5-13)21-17-16(18)10-19-11-20-17/h2-11H,1H3,(H,19,20,21). The topological polar surface area (TPSA) is 81.2 Å². The molecule has 25 heavy (non-hydrogen) atoms. The van der Waals surface area contributed by atoms with E-state index in [1.54, 1.807) is 24.3 Å². The summed E-state index contributed by atoms with van der Waals surface area (Å²) in [5.41, 5.74) is 0.792. The Morgan fingerprint density at radius 3 is 2.16 bits per heavy atom. The number of sulfone groups is 1. The van der Waals surface area contributed by atoms with Gasteiger partial charge >= 0.3 is 0 Å². The Balaban J connectivity index is 1.69. The third-order valence-corrected chi connectivity index (χ3v) is 4.68. The van der Waals surface area contributed by atoms with Crippen LogP contribution in [-0.2, 0) is 9.84 Å². The van der Waals surface area contributed by atoms with E-state index in [-0.39, 0.29) is 4.90 Å². The minimum Gasteiger partial charge on any atom is -0.457 e. The van der Waals surface area contributed by atoms with Crippen molar-refractivity contribution in [1.29, 1.82) is 0 Å². The summed E-state index contributed by atoms with van der Waals surface area (Å²) in [6.07, 6.45) is 4.08. The van der Waals surface area contributed by atoms with Crippen molar-refractivity contribution in [2.75, 3.05) is 11.6 Å². The van der Waals surface area contributed by atoms with Gasteiger partial charge in [0.2, 0.25) is 0 Å². The van der Waals surface area contributed by atoms with Gasteiger partial charge in [-0.1, -0.05) is 11.6 Å². The number of benzene rings is 2. The molecule has 0 aliphatic carbocycles. The molecule has 8 heteroatoms. The van der Waals surface area contributed by atoms with Gasteiger partial charge < -0.3 is 10.1 Å². The number of hydrogen-bond donors (Lipinski definition) is 1. The predicted molar refractivity (Wildman–Crippen MR) is 96.4 cm³/mol. The number of rotatable bonds is 5. The minimum absolute atomic E-state index is 0.251. The molecule has 1 aromatic heterocycles. The Morgan fingerprint density at radius 1 is 1.00 bits per heavy atom. The average Bonchev–Trinajstić information content (AvgIpc) is 2.58. The quantitative estimate of drug-likeness (QED) is 0.724. The van der Waals surface area contributed by atoms with Crippen molar-refractivity contribution in [2.45, 2.75) is 4.90 Å². The maximum Gasteiger partial charge on any atom is 0.175 e. The van der Waals surface area contributed by atoms with Gasteiger partial charge in [0.15, 0.2) is 15.7 Å². The average molecular weight is 376 g/mol. The smallest absolute Gasteiger partial charge is 0.175 e. The Kier molecular flexibility index (Phi) is 4.87. The molecule has 1 N–H and O–H groups in total. The molecule has 0 bridgehead atoms. The van der Waals surface area contributed by atoms with Crippen LogP contribution < -0.4 is 10.1 Å². The van der Waals surface area contributed by atoms with Crippen LogP contribution in [0.5, 0.6) is 11.5 Å². The lowest BCUT2D eigenvalue weighted by atomic mass is 10.3. The molecule has 2 aromatic carbocycles. The number of nitrogens with one attached hydrogen (secondary N) is 1. The van der Waals surface area contributed by atoms with Crippen LogP contribution in [0, 0.1) is 0 Å². The van der Waals surface area contributed by atoms with Gasteiger partial charge in [0.05, 0.1) is 11.1 Å². The van der Waals surface area contributed by atoms with Crippen molar-refractivity contribution in [3.8, 4) is 11.5 Å². The van der Waals surface area contributed by atoms with Crippen LogP contribution in [-0.4, -0.2) is 24.6 Å². The van der Waals surface area contributed by atoms with E-state index in [9.17, 15) is 8.42 Å². The zero-order valence-electron chi connectivity index (χ0n) is 13.2. The molecule has 0 spiro atoms. The monoisotopic (exact) mass is 375 g/mol. The Bertz CT molecular complexity index is 975. The van der Waals surface area contributed by atoms with Gasteiger partial charge in [0.1, 0.15) is 22.8 Å². The lowest BCUT2D eigenvalue weighted by Gasteiger charge is -2.09. The third-order valence-electron chi connectivity index (χ3n) is 3.27. The van der Waals surface area contributed by atoms with Crippen LogP contribution >= 0.6 is 11.6 Å². The summed E-state index contributed by atoms with van der Waals surface area (Å²) in [4.78, 5) is 8.14. The predicted octanol–water partition coefficient (Wildman–Crippen LogP) is 4.07. The number of aromatic nitrogens is 2. The van der Waals surface area contributed by atoms with Crippen LogP contribution in [0.15, 0.2) is 66.0 Å². The maximum atomic E-state index is 11.4. The van der Waals surface area contributed by atoms with E-state index in [1.807, 2.05) is 12.1 Å². The second kappa shape index (κ2) is 7.08. The molecule has 0 saturated heterocycles. The fourth-order valence-corrected chi connectivity index (χ4v) is 2.82. The van der Waals surface area contributed by atoms with Gasteiger partial charge in [-0.3, -0.25) is 0 Å². The molecule has 3 aromatic rings. The number of hydrogen-bond acceptors (Lipinski definition) is 6. The van der Waals surface area contributed by atoms with Crippen LogP contribution in [0.25, 0.3) is 0 Å². The first-order chi connectivity index (χ1) is 11.9. The summed E-state index contributed by atoms with van der Waals surface area (Å²) in [6.45, 7) is 0. The fourth-order valence-electron chi connectivity index (χ4n) is 2.04. The van der Waals surface area contributed by atoms with Crippen LogP contribution in [0.2, 0.25) is 5.02 Å². The van der Waals surface area contributed by atoms with E-state index in [1.165, 1.54) is 30.9 Å². The minimum atomic E-state index is -3.22. The molecule has 0 aliphatic rings. The van der Waals surface area contributed by atoms with Gasteiger partial charge in [-0.25, -0.2) is 18.4 Å². The second-order valence-corrected chi connectivity index (χ2v) is 7.64. The summed E-state index contributed by atoms with van der Waals surface area (Å²) in [5.74, 6) is 1.68. The first kappa shape index (κ1) is 17.2. The Hall–Kier alpha value is -2.64. The van der Waals surface area contributed by atoms with E-state index in [2.05, 4.69) is 15.3 Å². The molecule has 0 fully saturated rings. The molecular weight excluding hydrogens is 362 g/mol. The lowest BCUT2D eigenvalue weighted by Crippen LogP contribution is -1.96. The van der Waals surface area contributed by atoms with Crippen LogP contribution in [0.1, 0.15) is 0 Å². The zero-order chi connectivity index (χ0) is 17.9. The normalized spacial score (nSPS) is 11.1. The molecule has 0 unspecified atom stereocenters. The highest BCUT2D eigenvalue weighted by Gasteiger charge is 2.07. The summed E-state index contributed by atoms with van der Waals surface area (Å²) >= 11 is 6.00. The third kappa shape index (κ3) is 4.46. The van der Waals surface area contributed by atoms with E-state index in [0.29, 0.717) is 22.3 Å². The summed E-state index contributed by atoms with van der Waals surface area (Å²) in [5, 5.41) is 3.51. The molecule has 0 aliphatic heterocycles. The van der Waals surface area contributed by atoms with Crippen molar-refractivity contribution in [3.05, 3.63) is 66.1 Å². The second-order valence-electron chi connectivity index (χ2n) is 5.21. The van der Waals surface area contributed by atoms with Gasteiger partial charge in [0, 0.05) is 11.9 Å². The number of ether oxygens (including phenoxy) is 1. The van der Waals surface area contributed by atoms with E-state index < -0.39 is 9.84 Å². The number of anilines is 2. The van der Waals surface area contributed by atoms with E-state index in [4.69, 9.17) is 16.3 Å². The van der Waals surface area contributed by atoms with Gasteiger partial charge in [-0.2, -0.15) is 0 Å². The molecular formula is C17H14ClN3O3S. The highest BCUT2D eigenvalue weighted by molar-refractivity contribution is 7.90. The fraction of sp³-hybridized carbons (Fsp3) is 0.0588. The van der Waals surface area contributed by atoms with E-state index >= 15 is 0 Å². The summed E-state index contributed by atoms with van der Waals surface area (Å²) < 4.78 is 28.6. The van der Waals surface area contributed by atoms with Crippen molar-refractivity contribution in [1.82, 2.24) is 9.97 Å².